The van der Waals surface area contributed by atoms with Gasteiger partial charge in [0.2, 0.25) is 11.8 Å². The largest absolute Gasteiger partial charge is 0.354 e. The molecule has 0 spiro atoms. The monoisotopic (exact) mass is 360 g/mol. The Labute approximate surface area is 151 Å². The van der Waals surface area contributed by atoms with Gasteiger partial charge in [-0.3, -0.25) is 14.3 Å². The summed E-state index contributed by atoms with van der Waals surface area (Å²) in [5.74, 6) is 0.319. The van der Waals surface area contributed by atoms with E-state index in [4.69, 9.17) is 0 Å². The van der Waals surface area contributed by atoms with Gasteiger partial charge >= 0.3 is 0 Å². The molecule has 1 aliphatic rings. The Morgan fingerprint density at radius 3 is 2.96 bits per heavy atom. The maximum absolute atomic E-state index is 12.7. The molecule has 0 aliphatic carbocycles. The van der Waals surface area contributed by atoms with Crippen LogP contribution in [0.5, 0.6) is 0 Å². The molecule has 25 heavy (non-hydrogen) atoms. The van der Waals surface area contributed by atoms with Crippen LogP contribution in [-0.2, 0) is 22.6 Å². The van der Waals surface area contributed by atoms with Crippen LogP contribution >= 0.6 is 11.3 Å². The van der Waals surface area contributed by atoms with E-state index in [9.17, 15) is 9.59 Å². The van der Waals surface area contributed by atoms with Crippen molar-refractivity contribution in [1.29, 1.82) is 0 Å². The molecule has 0 saturated carbocycles. The fourth-order valence-corrected chi connectivity index (χ4v) is 3.75. The predicted octanol–water partition coefficient (Wildman–Crippen LogP) is 2.23. The number of amides is 2. The summed E-state index contributed by atoms with van der Waals surface area (Å²) in [6.07, 6.45) is 3.01. The Bertz CT molecular complexity index is 723. The molecule has 2 aromatic heterocycles. The second-order valence-electron chi connectivity index (χ2n) is 6.78. The average Bonchev–Trinajstić information content (AvgIpc) is 3.24. The van der Waals surface area contributed by atoms with Gasteiger partial charge in [0.15, 0.2) is 0 Å². The number of thiophene rings is 1. The summed E-state index contributed by atoms with van der Waals surface area (Å²) in [4.78, 5) is 28.1. The standard InChI is InChI=1S/C18H24N4O2S/c1-13(2)10-17(23)21-11-14-5-8-20-22(14)16(12-21)18(24)19-7-6-15-4-3-9-25-15/h3-5,8-9,13,16H,6-7,10-12H2,1-2H3,(H,19,24)/t16-/m0/s1. The molecule has 0 aromatic carbocycles. The lowest BCUT2D eigenvalue weighted by molar-refractivity contribution is -0.136. The maximum Gasteiger partial charge on any atom is 0.246 e. The van der Waals surface area contributed by atoms with Crippen LogP contribution < -0.4 is 5.32 Å². The zero-order valence-electron chi connectivity index (χ0n) is 14.6. The normalized spacial score (nSPS) is 16.8. The summed E-state index contributed by atoms with van der Waals surface area (Å²) in [6.45, 7) is 5.55. The van der Waals surface area contributed by atoms with E-state index in [2.05, 4.69) is 16.5 Å². The second kappa shape index (κ2) is 7.82. The molecule has 1 N–H and O–H groups in total. The summed E-state index contributed by atoms with van der Waals surface area (Å²) in [6, 6.07) is 5.49. The van der Waals surface area contributed by atoms with E-state index in [-0.39, 0.29) is 11.8 Å². The molecule has 0 radical (unpaired) electrons. The molecule has 0 saturated heterocycles. The summed E-state index contributed by atoms with van der Waals surface area (Å²) in [7, 11) is 0. The fraction of sp³-hybridized carbons (Fsp3) is 0.500. The zero-order chi connectivity index (χ0) is 17.8. The number of rotatable bonds is 6. The summed E-state index contributed by atoms with van der Waals surface area (Å²) in [5.41, 5.74) is 0.904. The van der Waals surface area contributed by atoms with Gasteiger partial charge in [-0.1, -0.05) is 19.9 Å². The molecule has 6 nitrogen and oxygen atoms in total. The topological polar surface area (TPSA) is 67.2 Å². The number of fused-ring (bicyclic) bond motifs is 1. The quantitative estimate of drug-likeness (QED) is 0.859. The molecular formula is C18H24N4O2S. The third-order valence-corrected chi connectivity index (χ3v) is 5.22. The average molecular weight is 360 g/mol. The predicted molar refractivity (Wildman–Crippen MR) is 97.2 cm³/mol. The third kappa shape index (κ3) is 4.28. The summed E-state index contributed by atoms with van der Waals surface area (Å²) in [5, 5.41) is 9.32. The van der Waals surface area contributed by atoms with E-state index >= 15 is 0 Å². The zero-order valence-corrected chi connectivity index (χ0v) is 15.5. The molecule has 1 aliphatic heterocycles. The number of nitrogens with zero attached hydrogens (tertiary/aromatic N) is 3. The van der Waals surface area contributed by atoms with Crippen LogP contribution in [0.3, 0.4) is 0 Å². The van der Waals surface area contributed by atoms with Crippen LogP contribution in [0.1, 0.15) is 36.9 Å². The van der Waals surface area contributed by atoms with Gasteiger partial charge < -0.3 is 10.2 Å². The van der Waals surface area contributed by atoms with Crippen molar-refractivity contribution < 1.29 is 9.59 Å². The van der Waals surface area contributed by atoms with Gasteiger partial charge in [-0.05, 0) is 29.9 Å². The van der Waals surface area contributed by atoms with Crippen LogP contribution in [0.15, 0.2) is 29.8 Å². The molecule has 3 rings (SSSR count). The summed E-state index contributed by atoms with van der Waals surface area (Å²) < 4.78 is 1.75. The van der Waals surface area contributed by atoms with Crippen LogP contribution in [-0.4, -0.2) is 39.6 Å². The number of carbonyl (C=O) groups is 2. The van der Waals surface area contributed by atoms with Gasteiger partial charge in [-0.2, -0.15) is 5.10 Å². The lowest BCUT2D eigenvalue weighted by Crippen LogP contribution is -2.47. The molecule has 0 bridgehead atoms. The van der Waals surface area contributed by atoms with Gasteiger partial charge in [0.25, 0.3) is 0 Å². The van der Waals surface area contributed by atoms with E-state index in [1.54, 1.807) is 27.1 Å². The van der Waals surface area contributed by atoms with E-state index in [0.717, 1.165) is 12.1 Å². The minimum absolute atomic E-state index is 0.0800. The number of carbonyl (C=O) groups excluding carboxylic acids is 2. The van der Waals surface area contributed by atoms with Crippen molar-refractivity contribution in [3.05, 3.63) is 40.3 Å². The highest BCUT2D eigenvalue weighted by molar-refractivity contribution is 7.09. The fourth-order valence-electron chi connectivity index (χ4n) is 3.04. The molecule has 2 aromatic rings. The Morgan fingerprint density at radius 2 is 2.24 bits per heavy atom. The van der Waals surface area contributed by atoms with Crippen molar-refractivity contribution in [1.82, 2.24) is 20.0 Å². The molecule has 2 amide bonds. The number of hydrogen-bond acceptors (Lipinski definition) is 4. The summed E-state index contributed by atoms with van der Waals surface area (Å²) >= 11 is 1.69. The Balaban J connectivity index is 1.64. The first kappa shape index (κ1) is 17.7. The smallest absolute Gasteiger partial charge is 0.246 e. The maximum atomic E-state index is 12.7. The first-order valence-corrected chi connectivity index (χ1v) is 9.53. The van der Waals surface area contributed by atoms with Crippen LogP contribution in [0.4, 0.5) is 0 Å². The van der Waals surface area contributed by atoms with Gasteiger partial charge in [-0.25, -0.2) is 0 Å². The highest BCUT2D eigenvalue weighted by Gasteiger charge is 2.32. The Hall–Kier alpha value is -2.15. The van der Waals surface area contributed by atoms with E-state index in [1.165, 1.54) is 4.88 Å². The number of aromatic nitrogens is 2. The van der Waals surface area contributed by atoms with Crippen LogP contribution in [0.2, 0.25) is 0 Å². The van der Waals surface area contributed by atoms with Gasteiger partial charge in [0.05, 0.1) is 18.8 Å². The van der Waals surface area contributed by atoms with Crippen LogP contribution in [0.25, 0.3) is 0 Å². The molecule has 0 unspecified atom stereocenters. The van der Waals surface area contributed by atoms with Gasteiger partial charge in [0, 0.05) is 24.0 Å². The lowest BCUT2D eigenvalue weighted by Gasteiger charge is -2.33. The molecule has 7 heteroatoms. The van der Waals surface area contributed by atoms with E-state index < -0.39 is 6.04 Å². The highest BCUT2D eigenvalue weighted by Crippen LogP contribution is 2.22. The van der Waals surface area contributed by atoms with E-state index in [1.807, 2.05) is 31.4 Å². The molecule has 3 heterocycles. The Kier molecular flexibility index (Phi) is 5.53. The second-order valence-corrected chi connectivity index (χ2v) is 7.81. The van der Waals surface area contributed by atoms with Crippen LogP contribution in [0, 0.1) is 5.92 Å². The van der Waals surface area contributed by atoms with Crippen molar-refractivity contribution in [2.24, 2.45) is 5.92 Å². The lowest BCUT2D eigenvalue weighted by atomic mass is 10.1. The highest BCUT2D eigenvalue weighted by atomic mass is 32.1. The SMILES string of the molecule is CC(C)CC(=O)N1Cc2ccnn2[C@H](C(=O)NCCc2cccs2)C1. The third-order valence-electron chi connectivity index (χ3n) is 4.28. The minimum atomic E-state index is -0.460. The molecule has 0 fully saturated rings. The minimum Gasteiger partial charge on any atom is -0.354 e. The molecule has 1 atom stereocenters. The molecule has 134 valence electrons. The number of nitrogens with one attached hydrogen (secondary N) is 1. The van der Waals surface area contributed by atoms with Crippen molar-refractivity contribution in [2.75, 3.05) is 13.1 Å². The first-order chi connectivity index (χ1) is 12.0. The van der Waals surface area contributed by atoms with Crippen molar-refractivity contribution in [2.45, 2.75) is 39.3 Å². The van der Waals surface area contributed by atoms with Crippen molar-refractivity contribution >= 4 is 23.2 Å². The molecular weight excluding hydrogens is 336 g/mol. The first-order valence-electron chi connectivity index (χ1n) is 8.65. The van der Waals surface area contributed by atoms with E-state index in [0.29, 0.717) is 32.0 Å². The Morgan fingerprint density at radius 1 is 1.40 bits per heavy atom. The van der Waals surface area contributed by atoms with Gasteiger partial charge in [0.1, 0.15) is 6.04 Å². The van der Waals surface area contributed by atoms with Crippen molar-refractivity contribution in [3.63, 3.8) is 0 Å². The van der Waals surface area contributed by atoms with Gasteiger partial charge in [-0.15, -0.1) is 11.3 Å². The van der Waals surface area contributed by atoms with Crippen molar-refractivity contribution in [3.8, 4) is 0 Å². The number of hydrogen-bond donors (Lipinski definition) is 1.